The molecule has 6 heteroatoms. The monoisotopic (exact) mass is 492 g/mol. The standard InChI is InChI=1S/C30H27ClN5/c1-17-7-10-20(31)15-26(17)24-13-14-25(23-6-4-3-5-22(23)24)28-29-30(33)34-16-27(36(29)18(2)35-28)19-8-11-21(32)12-9-19/h3-6,8,10,13-16,21H,9,11-12,32H2,1-2H3,(H2,33,34). The molecule has 5 aromatic rings. The van der Waals surface area contributed by atoms with Crippen LogP contribution >= 0.6 is 11.6 Å². The van der Waals surface area contributed by atoms with Crippen molar-refractivity contribution in [2.75, 3.05) is 5.73 Å². The van der Waals surface area contributed by atoms with Crippen LogP contribution < -0.4 is 11.5 Å². The Morgan fingerprint density at radius 1 is 1.06 bits per heavy atom. The van der Waals surface area contributed by atoms with Crippen molar-refractivity contribution in [3.8, 4) is 22.4 Å². The molecule has 0 aliphatic heterocycles. The molecule has 2 heterocycles. The minimum absolute atomic E-state index is 0.219. The van der Waals surface area contributed by atoms with Crippen molar-refractivity contribution >= 4 is 39.3 Å². The van der Waals surface area contributed by atoms with Gasteiger partial charge in [-0.1, -0.05) is 54.1 Å². The second-order valence-electron chi connectivity index (χ2n) is 9.55. The number of nitrogens with zero attached hydrogens (tertiary/aromatic N) is 3. The van der Waals surface area contributed by atoms with Crippen molar-refractivity contribution in [3.63, 3.8) is 0 Å². The van der Waals surface area contributed by atoms with Crippen LogP contribution in [0.1, 0.15) is 36.3 Å². The number of imidazole rings is 1. The molecule has 0 saturated carbocycles. The van der Waals surface area contributed by atoms with Crippen LogP contribution in [0.2, 0.25) is 5.02 Å². The van der Waals surface area contributed by atoms with Crippen molar-refractivity contribution in [2.24, 2.45) is 5.73 Å². The molecule has 4 N–H and O–H groups in total. The SMILES string of the molecule is Cc1[c]cc(Cl)cc1-c1ccc(-c2nc(C)n3c(C4=CCC(N)CC4)cnc(N)c23)c2ccccc12. The van der Waals surface area contributed by atoms with Gasteiger partial charge < -0.3 is 11.5 Å². The van der Waals surface area contributed by atoms with Gasteiger partial charge >= 0.3 is 0 Å². The van der Waals surface area contributed by atoms with Gasteiger partial charge in [0.2, 0.25) is 0 Å². The zero-order valence-corrected chi connectivity index (χ0v) is 21.1. The molecule has 179 valence electrons. The van der Waals surface area contributed by atoms with Crippen LogP contribution in [0.5, 0.6) is 0 Å². The quantitative estimate of drug-likeness (QED) is 0.291. The first-order valence-electron chi connectivity index (χ1n) is 12.2. The van der Waals surface area contributed by atoms with E-state index < -0.39 is 0 Å². The normalized spacial score (nSPS) is 16.0. The summed E-state index contributed by atoms with van der Waals surface area (Å²) in [5.41, 5.74) is 20.9. The highest BCUT2D eigenvalue weighted by Crippen LogP contribution is 2.40. The first kappa shape index (κ1) is 22.8. The lowest BCUT2D eigenvalue weighted by Gasteiger charge is -2.20. The molecule has 5 nitrogen and oxygen atoms in total. The molecule has 6 rings (SSSR count). The van der Waals surface area contributed by atoms with E-state index in [0.29, 0.717) is 10.8 Å². The van der Waals surface area contributed by atoms with Crippen molar-refractivity contribution < 1.29 is 0 Å². The minimum atomic E-state index is 0.219. The molecule has 0 saturated heterocycles. The third-order valence-corrected chi connectivity index (χ3v) is 7.44. The molecule has 0 spiro atoms. The topological polar surface area (TPSA) is 82.2 Å². The number of rotatable bonds is 3. The Bertz CT molecular complexity index is 1680. The van der Waals surface area contributed by atoms with Gasteiger partial charge in [0.05, 0.1) is 11.9 Å². The summed E-state index contributed by atoms with van der Waals surface area (Å²) < 4.78 is 2.15. The molecule has 1 atom stereocenters. The third kappa shape index (κ3) is 3.67. The Labute approximate surface area is 215 Å². The number of hydrogen-bond acceptors (Lipinski definition) is 4. The zero-order chi connectivity index (χ0) is 25.0. The van der Waals surface area contributed by atoms with Gasteiger partial charge in [0.15, 0.2) is 0 Å². The number of benzene rings is 3. The summed E-state index contributed by atoms with van der Waals surface area (Å²) in [6.07, 6.45) is 6.85. The number of aryl methyl sites for hydroxylation is 2. The molecular formula is C30H27ClN5. The number of nitrogens with two attached hydrogens (primary N) is 2. The lowest BCUT2D eigenvalue weighted by molar-refractivity contribution is 0.613. The fourth-order valence-corrected chi connectivity index (χ4v) is 5.54. The number of allylic oxidation sites excluding steroid dienone is 1. The number of aromatic nitrogens is 3. The smallest absolute Gasteiger partial charge is 0.150 e. The highest BCUT2D eigenvalue weighted by atomic mass is 35.5. The maximum Gasteiger partial charge on any atom is 0.150 e. The summed E-state index contributed by atoms with van der Waals surface area (Å²) in [5.74, 6) is 1.35. The third-order valence-electron chi connectivity index (χ3n) is 7.22. The number of nitrogen functional groups attached to an aromatic ring is 1. The van der Waals surface area contributed by atoms with Crippen molar-refractivity contribution in [1.29, 1.82) is 0 Å². The van der Waals surface area contributed by atoms with E-state index in [-0.39, 0.29) is 6.04 Å². The van der Waals surface area contributed by atoms with Gasteiger partial charge in [0.25, 0.3) is 0 Å². The van der Waals surface area contributed by atoms with E-state index in [4.69, 9.17) is 28.1 Å². The van der Waals surface area contributed by atoms with Crippen LogP contribution in [0.15, 0.2) is 60.8 Å². The first-order valence-corrected chi connectivity index (χ1v) is 12.6. The van der Waals surface area contributed by atoms with Gasteiger partial charge in [-0.25, -0.2) is 9.97 Å². The van der Waals surface area contributed by atoms with Gasteiger partial charge in [-0.15, -0.1) is 0 Å². The van der Waals surface area contributed by atoms with E-state index in [9.17, 15) is 0 Å². The first-order chi connectivity index (χ1) is 17.4. The highest BCUT2D eigenvalue weighted by Gasteiger charge is 2.22. The Balaban J connectivity index is 1.60. The summed E-state index contributed by atoms with van der Waals surface area (Å²) in [6.45, 7) is 4.08. The fraction of sp³-hybridized carbons (Fsp3) is 0.200. The maximum atomic E-state index is 6.50. The summed E-state index contributed by atoms with van der Waals surface area (Å²) >= 11 is 6.34. The van der Waals surface area contributed by atoms with Gasteiger partial charge in [0.1, 0.15) is 22.9 Å². The summed E-state index contributed by atoms with van der Waals surface area (Å²) in [4.78, 5) is 9.63. The molecule has 0 bridgehead atoms. The van der Waals surface area contributed by atoms with Crippen LogP contribution in [0.25, 0.3) is 44.2 Å². The lowest BCUT2D eigenvalue weighted by Crippen LogP contribution is -2.21. The van der Waals surface area contributed by atoms with Crippen molar-refractivity contribution in [3.05, 3.63) is 89.0 Å². The Morgan fingerprint density at radius 3 is 2.56 bits per heavy atom. The molecule has 2 aromatic heterocycles. The number of anilines is 1. The van der Waals surface area contributed by atoms with E-state index >= 15 is 0 Å². The average molecular weight is 493 g/mol. The van der Waals surface area contributed by atoms with Crippen molar-refractivity contribution in [2.45, 2.75) is 39.2 Å². The van der Waals surface area contributed by atoms with E-state index in [0.717, 1.165) is 75.0 Å². The zero-order valence-electron chi connectivity index (χ0n) is 20.3. The van der Waals surface area contributed by atoms with Gasteiger partial charge in [0, 0.05) is 16.6 Å². The molecule has 1 radical (unpaired) electrons. The van der Waals surface area contributed by atoms with E-state index in [1.165, 1.54) is 5.57 Å². The molecule has 3 aromatic carbocycles. The molecule has 36 heavy (non-hydrogen) atoms. The van der Waals surface area contributed by atoms with Crippen molar-refractivity contribution in [1.82, 2.24) is 14.4 Å². The van der Waals surface area contributed by atoms with Gasteiger partial charge in [-0.3, -0.25) is 4.40 Å². The molecule has 1 aliphatic carbocycles. The molecule has 0 fully saturated rings. The largest absolute Gasteiger partial charge is 0.382 e. The average Bonchev–Trinajstić information content (AvgIpc) is 3.23. The van der Waals surface area contributed by atoms with Crippen LogP contribution in [0.3, 0.4) is 0 Å². The molecule has 1 unspecified atom stereocenters. The lowest BCUT2D eigenvalue weighted by atomic mass is 9.91. The fourth-order valence-electron chi connectivity index (χ4n) is 5.38. The second-order valence-corrected chi connectivity index (χ2v) is 9.98. The number of halogens is 1. The van der Waals surface area contributed by atoms with Gasteiger partial charge in [-0.05, 0) is 84.3 Å². The Hall–Kier alpha value is -3.67. The number of fused-ring (bicyclic) bond motifs is 2. The predicted molar refractivity (Wildman–Crippen MR) is 149 cm³/mol. The summed E-state index contributed by atoms with van der Waals surface area (Å²) in [7, 11) is 0. The summed E-state index contributed by atoms with van der Waals surface area (Å²) in [5, 5.41) is 2.89. The van der Waals surface area contributed by atoms with Crippen LogP contribution in [0.4, 0.5) is 5.82 Å². The Morgan fingerprint density at radius 2 is 1.81 bits per heavy atom. The van der Waals surface area contributed by atoms with E-state index in [2.05, 4.69) is 64.8 Å². The highest BCUT2D eigenvalue weighted by molar-refractivity contribution is 6.31. The predicted octanol–water partition coefficient (Wildman–Crippen LogP) is 6.76. The Kier molecular flexibility index (Phi) is 5.55. The molecular weight excluding hydrogens is 466 g/mol. The second kappa shape index (κ2) is 8.77. The minimum Gasteiger partial charge on any atom is -0.382 e. The molecule has 0 amide bonds. The number of hydrogen-bond donors (Lipinski definition) is 2. The molecule has 1 aliphatic rings. The van der Waals surface area contributed by atoms with Crippen LogP contribution in [-0.2, 0) is 0 Å². The van der Waals surface area contributed by atoms with E-state index in [1.54, 1.807) is 6.07 Å². The van der Waals surface area contributed by atoms with Crippen LogP contribution in [0, 0.1) is 19.9 Å². The van der Waals surface area contributed by atoms with Gasteiger partial charge in [-0.2, -0.15) is 0 Å². The summed E-state index contributed by atoms with van der Waals surface area (Å²) in [6, 6.07) is 20.0. The maximum absolute atomic E-state index is 6.50. The van der Waals surface area contributed by atoms with E-state index in [1.807, 2.05) is 19.2 Å². The van der Waals surface area contributed by atoms with Crippen LogP contribution in [-0.4, -0.2) is 20.4 Å².